The summed E-state index contributed by atoms with van der Waals surface area (Å²) in [5, 5.41) is 2.35. The Balaban J connectivity index is 1.94. The third-order valence-corrected chi connectivity index (χ3v) is 4.95. The van der Waals surface area contributed by atoms with Crippen molar-refractivity contribution >= 4 is 22.0 Å². The van der Waals surface area contributed by atoms with E-state index in [1.165, 1.54) is 19.1 Å². The molecule has 8 nitrogen and oxygen atoms in total. The number of carbonyl (C=O) groups excluding carboxylic acids is 2. The summed E-state index contributed by atoms with van der Waals surface area (Å²) in [4.78, 5) is 25.6. The molecule has 1 aliphatic heterocycles. The van der Waals surface area contributed by atoms with E-state index in [9.17, 15) is 18.0 Å². The van der Waals surface area contributed by atoms with Crippen LogP contribution in [0.25, 0.3) is 0 Å². The maximum atomic E-state index is 12.2. The van der Waals surface area contributed by atoms with Gasteiger partial charge in [0.15, 0.2) is 0 Å². The van der Waals surface area contributed by atoms with Crippen molar-refractivity contribution in [2.75, 3.05) is 26.3 Å². The summed E-state index contributed by atoms with van der Waals surface area (Å²) in [5.41, 5.74) is 0.906. The Morgan fingerprint density at radius 3 is 2.33 bits per heavy atom. The highest BCUT2D eigenvalue weighted by molar-refractivity contribution is 7.90. The van der Waals surface area contributed by atoms with E-state index in [0.717, 1.165) is 5.56 Å². The largest absolute Gasteiger partial charge is 0.378 e. The van der Waals surface area contributed by atoms with Gasteiger partial charge in [-0.1, -0.05) is 17.7 Å². The van der Waals surface area contributed by atoms with Crippen molar-refractivity contribution in [2.24, 2.45) is 0 Å². The number of aryl methyl sites for hydroxylation is 1. The number of carbonyl (C=O) groups is 2. The smallest absolute Gasteiger partial charge is 0.329 e. The van der Waals surface area contributed by atoms with E-state index in [2.05, 4.69) is 5.32 Å². The average Bonchev–Trinajstić information content (AvgIpc) is 2.54. The van der Waals surface area contributed by atoms with Gasteiger partial charge in [0.05, 0.1) is 18.1 Å². The van der Waals surface area contributed by atoms with Gasteiger partial charge in [0.2, 0.25) is 5.91 Å². The van der Waals surface area contributed by atoms with Crippen molar-refractivity contribution in [3.63, 3.8) is 0 Å². The lowest BCUT2D eigenvalue weighted by Crippen LogP contribution is -2.53. The second-order valence-corrected chi connectivity index (χ2v) is 7.23. The topological polar surface area (TPSA) is 105 Å². The number of nitrogens with one attached hydrogen (secondary N) is 2. The molecule has 0 saturated carbocycles. The third-order valence-electron chi connectivity index (χ3n) is 3.60. The van der Waals surface area contributed by atoms with Crippen LogP contribution in [0.4, 0.5) is 4.79 Å². The quantitative estimate of drug-likeness (QED) is 0.804. The summed E-state index contributed by atoms with van der Waals surface area (Å²) in [6, 6.07) is 4.32. The lowest BCUT2D eigenvalue weighted by atomic mass is 10.2. The summed E-state index contributed by atoms with van der Waals surface area (Å²) >= 11 is 0. The first-order valence-electron chi connectivity index (χ1n) is 7.56. The van der Waals surface area contributed by atoms with Gasteiger partial charge in [-0.15, -0.1) is 0 Å². The molecule has 24 heavy (non-hydrogen) atoms. The van der Waals surface area contributed by atoms with E-state index >= 15 is 0 Å². The number of amides is 3. The molecule has 1 aromatic carbocycles. The highest BCUT2D eigenvalue weighted by Crippen LogP contribution is 2.09. The number of hydrogen-bond acceptors (Lipinski definition) is 5. The minimum atomic E-state index is -3.98. The van der Waals surface area contributed by atoms with Crippen LogP contribution >= 0.6 is 0 Å². The van der Waals surface area contributed by atoms with Crippen molar-refractivity contribution < 1.29 is 22.7 Å². The van der Waals surface area contributed by atoms with E-state index in [0.29, 0.717) is 26.3 Å². The van der Waals surface area contributed by atoms with Gasteiger partial charge in [-0.25, -0.2) is 17.9 Å². The Kier molecular flexibility index (Phi) is 5.79. The Morgan fingerprint density at radius 2 is 1.75 bits per heavy atom. The van der Waals surface area contributed by atoms with E-state index < -0.39 is 22.1 Å². The van der Waals surface area contributed by atoms with Gasteiger partial charge in [0.25, 0.3) is 10.0 Å². The van der Waals surface area contributed by atoms with Gasteiger partial charge in [-0.05, 0) is 26.0 Å². The Bertz CT molecular complexity index is 696. The molecular weight excluding hydrogens is 334 g/mol. The van der Waals surface area contributed by atoms with Gasteiger partial charge < -0.3 is 15.0 Å². The van der Waals surface area contributed by atoms with Crippen LogP contribution in [0.1, 0.15) is 12.5 Å². The van der Waals surface area contributed by atoms with Crippen LogP contribution < -0.4 is 10.0 Å². The van der Waals surface area contributed by atoms with E-state index in [4.69, 9.17) is 4.74 Å². The number of rotatable bonds is 4. The number of benzene rings is 1. The minimum Gasteiger partial charge on any atom is -0.378 e. The van der Waals surface area contributed by atoms with E-state index in [1.54, 1.807) is 17.0 Å². The Labute approximate surface area is 141 Å². The second kappa shape index (κ2) is 7.63. The zero-order valence-electron chi connectivity index (χ0n) is 13.6. The van der Waals surface area contributed by atoms with E-state index in [-0.39, 0.29) is 10.8 Å². The molecule has 1 aliphatic rings. The molecule has 9 heteroatoms. The van der Waals surface area contributed by atoms with Crippen LogP contribution in [0.2, 0.25) is 0 Å². The lowest BCUT2D eigenvalue weighted by Gasteiger charge is -2.29. The molecule has 1 fully saturated rings. The Morgan fingerprint density at radius 1 is 1.17 bits per heavy atom. The molecule has 0 radical (unpaired) electrons. The van der Waals surface area contributed by atoms with Gasteiger partial charge in [0, 0.05) is 13.1 Å². The predicted octanol–water partition coefficient (Wildman–Crippen LogP) is 0.230. The number of morpholine rings is 1. The fourth-order valence-corrected chi connectivity index (χ4v) is 3.16. The van der Waals surface area contributed by atoms with Crippen LogP contribution in [0, 0.1) is 6.92 Å². The van der Waals surface area contributed by atoms with Crippen LogP contribution in [-0.4, -0.2) is 57.6 Å². The molecule has 132 valence electrons. The maximum Gasteiger partial charge on any atom is 0.329 e. The molecule has 0 spiro atoms. The number of ether oxygens (including phenoxy) is 1. The molecule has 1 heterocycles. The summed E-state index contributed by atoms with van der Waals surface area (Å²) < 4.78 is 31.3. The van der Waals surface area contributed by atoms with Crippen molar-refractivity contribution in [2.45, 2.75) is 24.8 Å². The standard InChI is InChI=1S/C15H21N3O5S/c1-11-3-5-13(6-4-11)24(21,22)17-15(20)16-12(2)14(19)18-7-9-23-10-8-18/h3-6,12H,7-10H2,1-2H3,(H2,16,17,20)/t12-/m0/s1. The zero-order valence-corrected chi connectivity index (χ0v) is 14.4. The first-order chi connectivity index (χ1) is 11.3. The van der Waals surface area contributed by atoms with E-state index in [1.807, 2.05) is 11.6 Å². The molecule has 1 aromatic rings. The van der Waals surface area contributed by atoms with Crippen LogP contribution in [-0.2, 0) is 19.6 Å². The molecule has 2 rings (SSSR count). The molecule has 3 amide bonds. The fraction of sp³-hybridized carbons (Fsp3) is 0.467. The first kappa shape index (κ1) is 18.2. The highest BCUT2D eigenvalue weighted by atomic mass is 32.2. The van der Waals surface area contributed by atoms with Crippen molar-refractivity contribution in [1.29, 1.82) is 0 Å². The number of hydrogen-bond donors (Lipinski definition) is 2. The molecule has 1 saturated heterocycles. The number of sulfonamides is 1. The molecule has 2 N–H and O–H groups in total. The zero-order chi connectivity index (χ0) is 17.7. The third kappa shape index (κ3) is 4.68. The summed E-state index contributed by atoms with van der Waals surface area (Å²) in [7, 11) is -3.98. The van der Waals surface area contributed by atoms with Crippen LogP contribution in [0.3, 0.4) is 0 Å². The van der Waals surface area contributed by atoms with Gasteiger partial charge in [-0.3, -0.25) is 4.79 Å². The van der Waals surface area contributed by atoms with Crippen LogP contribution in [0.5, 0.6) is 0 Å². The summed E-state index contributed by atoms with van der Waals surface area (Å²) in [6.07, 6.45) is 0. The normalized spacial score (nSPS) is 16.3. The second-order valence-electron chi connectivity index (χ2n) is 5.55. The van der Waals surface area contributed by atoms with Crippen molar-refractivity contribution in [3.05, 3.63) is 29.8 Å². The van der Waals surface area contributed by atoms with Gasteiger partial charge >= 0.3 is 6.03 Å². The lowest BCUT2D eigenvalue weighted by molar-refractivity contribution is -0.136. The molecule has 0 bridgehead atoms. The number of nitrogens with zero attached hydrogens (tertiary/aromatic N) is 1. The van der Waals surface area contributed by atoms with Gasteiger partial charge in [-0.2, -0.15) is 0 Å². The number of urea groups is 1. The minimum absolute atomic E-state index is 0.0181. The maximum absolute atomic E-state index is 12.2. The molecular formula is C15H21N3O5S. The van der Waals surface area contributed by atoms with Crippen molar-refractivity contribution in [1.82, 2.24) is 14.9 Å². The highest BCUT2D eigenvalue weighted by Gasteiger charge is 2.25. The SMILES string of the molecule is Cc1ccc(S(=O)(=O)NC(=O)N[C@@H](C)C(=O)N2CCOCC2)cc1. The monoisotopic (exact) mass is 355 g/mol. The van der Waals surface area contributed by atoms with Crippen molar-refractivity contribution in [3.8, 4) is 0 Å². The molecule has 0 aromatic heterocycles. The molecule has 0 unspecified atom stereocenters. The summed E-state index contributed by atoms with van der Waals surface area (Å²) in [5.74, 6) is -0.277. The predicted molar refractivity (Wildman–Crippen MR) is 86.9 cm³/mol. The van der Waals surface area contributed by atoms with Crippen LogP contribution in [0.15, 0.2) is 29.2 Å². The summed E-state index contributed by atoms with van der Waals surface area (Å²) in [6.45, 7) is 5.15. The first-order valence-corrected chi connectivity index (χ1v) is 9.04. The molecule has 0 aliphatic carbocycles. The molecule has 1 atom stereocenters. The van der Waals surface area contributed by atoms with Gasteiger partial charge in [0.1, 0.15) is 6.04 Å². The Hall–Kier alpha value is -2.13. The average molecular weight is 355 g/mol. The fourth-order valence-electron chi connectivity index (χ4n) is 2.24.